The van der Waals surface area contributed by atoms with Crippen LogP contribution < -0.4 is 5.32 Å². The molecule has 26 heavy (non-hydrogen) atoms. The van der Waals surface area contributed by atoms with Gasteiger partial charge in [0.05, 0.1) is 11.8 Å². The molecule has 1 aliphatic heterocycles. The average molecular weight is 364 g/mol. The van der Waals surface area contributed by atoms with Crippen LogP contribution in [-0.2, 0) is 14.4 Å². The first-order chi connectivity index (χ1) is 12.4. The fraction of sp³-hybridized carbons (Fsp3) is 0.526. The number of amides is 2. The zero-order chi connectivity index (χ0) is 19.1. The highest BCUT2D eigenvalue weighted by Gasteiger charge is 2.29. The van der Waals surface area contributed by atoms with Gasteiger partial charge in [-0.3, -0.25) is 14.4 Å². The largest absolute Gasteiger partial charge is 0.481 e. The lowest BCUT2D eigenvalue weighted by Crippen LogP contribution is -2.46. The second kappa shape index (κ2) is 9.31. The standard InChI is InChI=1S/C19H25FN2O4/c1-2-4-17(23)22-10-3-5-14(12-22)18(24)21-11-16(19(25)26)13-6-8-15(20)9-7-13/h6-9,14,16H,2-5,10-12H2,1H3,(H,21,24)(H,25,26). The van der Waals surface area contributed by atoms with Gasteiger partial charge in [0.15, 0.2) is 0 Å². The number of aliphatic carboxylic acids is 1. The van der Waals surface area contributed by atoms with Gasteiger partial charge in [-0.2, -0.15) is 0 Å². The number of carboxylic acids is 1. The van der Waals surface area contributed by atoms with E-state index in [1.807, 2.05) is 6.92 Å². The zero-order valence-corrected chi connectivity index (χ0v) is 14.9. The Hall–Kier alpha value is -2.44. The lowest BCUT2D eigenvalue weighted by Gasteiger charge is -2.32. The number of halogens is 1. The van der Waals surface area contributed by atoms with Crippen LogP contribution in [0, 0.1) is 11.7 Å². The summed E-state index contributed by atoms with van der Waals surface area (Å²) in [5, 5.41) is 12.1. The number of hydrogen-bond donors (Lipinski definition) is 2. The molecular formula is C19H25FN2O4. The number of nitrogens with one attached hydrogen (secondary N) is 1. The summed E-state index contributed by atoms with van der Waals surface area (Å²) in [7, 11) is 0. The van der Waals surface area contributed by atoms with E-state index in [9.17, 15) is 23.9 Å². The number of carboxylic acid groups (broad SMARTS) is 1. The highest BCUT2D eigenvalue weighted by molar-refractivity contribution is 5.82. The van der Waals surface area contributed by atoms with Crippen LogP contribution in [0.15, 0.2) is 24.3 Å². The molecule has 0 saturated carbocycles. The Morgan fingerprint density at radius 3 is 2.62 bits per heavy atom. The minimum Gasteiger partial charge on any atom is -0.481 e. The molecule has 1 aromatic carbocycles. The van der Waals surface area contributed by atoms with Crippen LogP contribution >= 0.6 is 0 Å². The number of benzene rings is 1. The topological polar surface area (TPSA) is 86.7 Å². The zero-order valence-electron chi connectivity index (χ0n) is 14.9. The summed E-state index contributed by atoms with van der Waals surface area (Å²) in [6.07, 6.45) is 2.67. The molecule has 1 aromatic rings. The number of carbonyl (C=O) groups is 3. The highest BCUT2D eigenvalue weighted by Crippen LogP contribution is 2.19. The normalized spacial score (nSPS) is 18.2. The Morgan fingerprint density at radius 1 is 1.31 bits per heavy atom. The van der Waals surface area contributed by atoms with Gasteiger partial charge in [-0.05, 0) is 37.0 Å². The van der Waals surface area contributed by atoms with E-state index < -0.39 is 17.7 Å². The lowest BCUT2D eigenvalue weighted by molar-refractivity contribution is -0.138. The Labute approximate surface area is 152 Å². The van der Waals surface area contributed by atoms with Gasteiger partial charge in [0.25, 0.3) is 0 Å². The molecule has 2 unspecified atom stereocenters. The number of likely N-dealkylation sites (tertiary alicyclic amines) is 1. The lowest BCUT2D eigenvalue weighted by atomic mass is 9.95. The minimum atomic E-state index is -1.08. The van der Waals surface area contributed by atoms with Gasteiger partial charge >= 0.3 is 5.97 Å². The molecule has 142 valence electrons. The number of rotatable bonds is 7. The van der Waals surface area contributed by atoms with Gasteiger partial charge in [0.2, 0.25) is 11.8 Å². The average Bonchev–Trinajstić information content (AvgIpc) is 2.63. The maximum atomic E-state index is 13.0. The molecule has 0 radical (unpaired) electrons. The van der Waals surface area contributed by atoms with Crippen molar-refractivity contribution < 1.29 is 23.9 Å². The van der Waals surface area contributed by atoms with Crippen molar-refractivity contribution in [3.63, 3.8) is 0 Å². The SMILES string of the molecule is CCCC(=O)N1CCCC(C(=O)NCC(C(=O)O)c2ccc(F)cc2)C1. The summed E-state index contributed by atoms with van der Waals surface area (Å²) < 4.78 is 13.0. The van der Waals surface area contributed by atoms with Crippen molar-refractivity contribution >= 4 is 17.8 Å². The van der Waals surface area contributed by atoms with Crippen LogP contribution in [0.4, 0.5) is 4.39 Å². The Bertz CT molecular complexity index is 647. The van der Waals surface area contributed by atoms with Crippen molar-refractivity contribution in [1.82, 2.24) is 10.2 Å². The molecule has 0 aromatic heterocycles. The minimum absolute atomic E-state index is 0.0553. The van der Waals surface area contributed by atoms with E-state index in [4.69, 9.17) is 0 Å². The fourth-order valence-electron chi connectivity index (χ4n) is 3.18. The van der Waals surface area contributed by atoms with Gasteiger partial charge in [0, 0.05) is 26.1 Å². The molecule has 1 saturated heterocycles. The van der Waals surface area contributed by atoms with Crippen LogP contribution in [-0.4, -0.2) is 47.4 Å². The van der Waals surface area contributed by atoms with E-state index in [0.717, 1.165) is 12.8 Å². The van der Waals surface area contributed by atoms with Crippen LogP contribution in [0.2, 0.25) is 0 Å². The molecule has 1 aliphatic rings. The Kier molecular flexibility index (Phi) is 7.12. The van der Waals surface area contributed by atoms with Crippen molar-refractivity contribution in [2.75, 3.05) is 19.6 Å². The molecule has 2 rings (SSSR count). The summed E-state index contributed by atoms with van der Waals surface area (Å²) >= 11 is 0. The quantitative estimate of drug-likeness (QED) is 0.776. The summed E-state index contributed by atoms with van der Waals surface area (Å²) in [5.74, 6) is -2.98. The van der Waals surface area contributed by atoms with Crippen molar-refractivity contribution in [3.8, 4) is 0 Å². The number of carbonyl (C=O) groups excluding carboxylic acids is 2. The van der Waals surface area contributed by atoms with Crippen molar-refractivity contribution in [3.05, 3.63) is 35.6 Å². The molecule has 6 nitrogen and oxygen atoms in total. The first-order valence-electron chi connectivity index (χ1n) is 8.96. The molecule has 0 bridgehead atoms. The predicted octanol–water partition coefficient (Wildman–Crippen LogP) is 2.15. The third-order valence-electron chi connectivity index (χ3n) is 4.66. The van der Waals surface area contributed by atoms with Crippen LogP contribution in [0.25, 0.3) is 0 Å². The van der Waals surface area contributed by atoms with Crippen LogP contribution in [0.5, 0.6) is 0 Å². The molecule has 2 amide bonds. The van der Waals surface area contributed by atoms with E-state index in [1.165, 1.54) is 24.3 Å². The van der Waals surface area contributed by atoms with Crippen LogP contribution in [0.1, 0.15) is 44.1 Å². The second-order valence-corrected chi connectivity index (χ2v) is 6.62. The highest BCUT2D eigenvalue weighted by atomic mass is 19.1. The molecule has 7 heteroatoms. The number of nitrogens with zero attached hydrogens (tertiary/aromatic N) is 1. The van der Waals surface area contributed by atoms with Gasteiger partial charge in [-0.15, -0.1) is 0 Å². The van der Waals surface area contributed by atoms with E-state index >= 15 is 0 Å². The number of piperidine rings is 1. The predicted molar refractivity (Wildman–Crippen MR) is 94.0 cm³/mol. The molecule has 2 N–H and O–H groups in total. The fourth-order valence-corrected chi connectivity index (χ4v) is 3.18. The van der Waals surface area contributed by atoms with E-state index in [1.54, 1.807) is 4.90 Å². The van der Waals surface area contributed by atoms with E-state index in [-0.39, 0.29) is 24.3 Å². The Morgan fingerprint density at radius 2 is 2.00 bits per heavy atom. The molecular weight excluding hydrogens is 339 g/mol. The maximum absolute atomic E-state index is 13.0. The van der Waals surface area contributed by atoms with Gasteiger partial charge in [0.1, 0.15) is 5.82 Å². The van der Waals surface area contributed by atoms with Crippen molar-refractivity contribution in [2.45, 2.75) is 38.5 Å². The first-order valence-corrected chi connectivity index (χ1v) is 8.96. The summed E-state index contributed by atoms with van der Waals surface area (Å²) in [6, 6.07) is 5.22. The molecule has 1 heterocycles. The third-order valence-corrected chi connectivity index (χ3v) is 4.66. The van der Waals surface area contributed by atoms with E-state index in [0.29, 0.717) is 31.5 Å². The maximum Gasteiger partial charge on any atom is 0.312 e. The first kappa shape index (κ1) is 19.9. The monoisotopic (exact) mass is 364 g/mol. The molecule has 0 aliphatic carbocycles. The summed E-state index contributed by atoms with van der Waals surface area (Å²) in [5.41, 5.74) is 0.433. The molecule has 1 fully saturated rings. The molecule has 2 atom stereocenters. The van der Waals surface area contributed by atoms with Crippen LogP contribution in [0.3, 0.4) is 0 Å². The number of hydrogen-bond acceptors (Lipinski definition) is 3. The second-order valence-electron chi connectivity index (χ2n) is 6.62. The third kappa shape index (κ3) is 5.28. The van der Waals surface area contributed by atoms with Gasteiger partial charge < -0.3 is 15.3 Å². The molecule has 0 spiro atoms. The van der Waals surface area contributed by atoms with Gasteiger partial charge in [-0.25, -0.2) is 4.39 Å². The van der Waals surface area contributed by atoms with E-state index in [2.05, 4.69) is 5.32 Å². The van der Waals surface area contributed by atoms with Crippen molar-refractivity contribution in [2.24, 2.45) is 5.92 Å². The Balaban J connectivity index is 1.94. The van der Waals surface area contributed by atoms with Gasteiger partial charge in [-0.1, -0.05) is 19.1 Å². The summed E-state index contributed by atoms with van der Waals surface area (Å²) in [4.78, 5) is 37.7. The van der Waals surface area contributed by atoms with Crippen molar-refractivity contribution in [1.29, 1.82) is 0 Å². The summed E-state index contributed by atoms with van der Waals surface area (Å²) in [6.45, 7) is 2.90. The smallest absolute Gasteiger partial charge is 0.312 e.